The van der Waals surface area contributed by atoms with E-state index in [0.29, 0.717) is 11.5 Å². The number of anilines is 1. The van der Waals surface area contributed by atoms with Crippen LogP contribution in [0.1, 0.15) is 27.2 Å². The summed E-state index contributed by atoms with van der Waals surface area (Å²) in [6.07, 6.45) is 2.76. The van der Waals surface area contributed by atoms with Crippen molar-refractivity contribution < 1.29 is 13.6 Å². The van der Waals surface area contributed by atoms with Crippen LogP contribution in [0.2, 0.25) is 0 Å². The van der Waals surface area contributed by atoms with Gasteiger partial charge in [0.15, 0.2) is 17.8 Å². The second-order valence-corrected chi connectivity index (χ2v) is 5.24. The Balaban J connectivity index is 1.92. The third-order valence-electron chi connectivity index (χ3n) is 3.44. The Morgan fingerprint density at radius 3 is 2.50 bits per heavy atom. The fourth-order valence-electron chi connectivity index (χ4n) is 2.54. The van der Waals surface area contributed by atoms with Gasteiger partial charge in [0.1, 0.15) is 0 Å². The molecule has 0 saturated heterocycles. The average Bonchev–Trinajstić information content (AvgIpc) is 3.11. The lowest BCUT2D eigenvalue weighted by atomic mass is 10.0. The van der Waals surface area contributed by atoms with Crippen LogP contribution in [0.5, 0.6) is 0 Å². The second kappa shape index (κ2) is 5.52. The highest BCUT2D eigenvalue weighted by Gasteiger charge is 2.21. The summed E-state index contributed by atoms with van der Waals surface area (Å²) in [5, 5.41) is 2.91. The van der Waals surface area contributed by atoms with E-state index in [1.54, 1.807) is 12.1 Å². The van der Waals surface area contributed by atoms with Gasteiger partial charge in [0, 0.05) is 5.69 Å². The van der Waals surface area contributed by atoms with Crippen LogP contribution in [-0.4, -0.2) is 10.9 Å². The number of nitrogens with zero attached hydrogens (tertiary/aromatic N) is 1. The summed E-state index contributed by atoms with van der Waals surface area (Å²) in [6, 6.07) is 7.51. The van der Waals surface area contributed by atoms with Crippen molar-refractivity contribution in [2.24, 2.45) is 0 Å². The lowest BCUT2D eigenvalue weighted by Gasteiger charge is -2.12. The van der Waals surface area contributed by atoms with Gasteiger partial charge in [0.25, 0.3) is 5.91 Å². The quantitative estimate of drug-likeness (QED) is 0.789. The minimum atomic E-state index is -0.324. The number of hydrogen-bond donors (Lipinski definition) is 1. The van der Waals surface area contributed by atoms with Crippen molar-refractivity contribution >= 4 is 11.6 Å². The molecule has 112 valence electrons. The first-order chi connectivity index (χ1) is 10.6. The van der Waals surface area contributed by atoms with Gasteiger partial charge in [-0.05, 0) is 44.0 Å². The van der Waals surface area contributed by atoms with Crippen LogP contribution in [0, 0.1) is 20.8 Å². The Morgan fingerprint density at radius 2 is 1.86 bits per heavy atom. The molecule has 1 N–H and O–H groups in total. The van der Waals surface area contributed by atoms with E-state index in [-0.39, 0.29) is 11.6 Å². The van der Waals surface area contributed by atoms with E-state index in [1.165, 1.54) is 12.7 Å². The van der Waals surface area contributed by atoms with Gasteiger partial charge in [-0.3, -0.25) is 4.79 Å². The molecule has 5 heteroatoms. The van der Waals surface area contributed by atoms with Crippen LogP contribution in [-0.2, 0) is 0 Å². The number of carbonyl (C=O) groups is 1. The molecule has 2 heterocycles. The van der Waals surface area contributed by atoms with E-state index in [2.05, 4.69) is 10.3 Å². The van der Waals surface area contributed by atoms with Gasteiger partial charge >= 0.3 is 0 Å². The van der Waals surface area contributed by atoms with E-state index >= 15 is 0 Å². The predicted octanol–water partition coefficient (Wildman–Crippen LogP) is 4.11. The first-order valence-electron chi connectivity index (χ1n) is 6.93. The molecule has 0 aliphatic rings. The number of aromatic nitrogens is 1. The number of amides is 1. The third kappa shape index (κ3) is 2.53. The number of carbonyl (C=O) groups excluding carboxylic acids is 1. The highest BCUT2D eigenvalue weighted by Crippen LogP contribution is 2.26. The summed E-state index contributed by atoms with van der Waals surface area (Å²) in [4.78, 5) is 16.5. The van der Waals surface area contributed by atoms with Crippen molar-refractivity contribution in [2.45, 2.75) is 20.8 Å². The van der Waals surface area contributed by atoms with Gasteiger partial charge in [-0.25, -0.2) is 4.98 Å². The van der Waals surface area contributed by atoms with Crippen molar-refractivity contribution in [2.75, 3.05) is 5.32 Å². The number of rotatable bonds is 3. The van der Waals surface area contributed by atoms with Gasteiger partial charge in [0.05, 0.1) is 6.26 Å². The molecule has 0 atom stereocenters. The number of benzene rings is 1. The molecule has 22 heavy (non-hydrogen) atoms. The molecule has 0 fully saturated rings. The topological polar surface area (TPSA) is 68.3 Å². The zero-order chi connectivity index (χ0) is 15.7. The highest BCUT2D eigenvalue weighted by molar-refractivity contribution is 6.06. The fourth-order valence-corrected chi connectivity index (χ4v) is 2.54. The molecule has 0 spiro atoms. The first kappa shape index (κ1) is 14.1. The fraction of sp³-hybridized carbons (Fsp3) is 0.176. The summed E-state index contributed by atoms with van der Waals surface area (Å²) < 4.78 is 10.6. The van der Waals surface area contributed by atoms with Crippen LogP contribution >= 0.6 is 0 Å². The Morgan fingerprint density at radius 1 is 1.14 bits per heavy atom. The Labute approximate surface area is 128 Å². The van der Waals surface area contributed by atoms with Gasteiger partial charge < -0.3 is 14.2 Å². The number of aryl methyl sites for hydroxylation is 3. The molecular weight excluding hydrogens is 280 g/mol. The van der Waals surface area contributed by atoms with E-state index < -0.39 is 0 Å². The van der Waals surface area contributed by atoms with E-state index in [9.17, 15) is 4.79 Å². The number of furan rings is 1. The maximum absolute atomic E-state index is 12.5. The second-order valence-electron chi connectivity index (χ2n) is 5.24. The summed E-state index contributed by atoms with van der Waals surface area (Å²) in [5.74, 6) is 0.472. The average molecular weight is 296 g/mol. The first-order valence-corrected chi connectivity index (χ1v) is 6.93. The highest BCUT2D eigenvalue weighted by atomic mass is 16.4. The molecule has 3 rings (SSSR count). The number of nitrogens with one attached hydrogen (secondary N) is 1. The van der Waals surface area contributed by atoms with Crippen molar-refractivity contribution in [3.63, 3.8) is 0 Å². The van der Waals surface area contributed by atoms with Crippen molar-refractivity contribution in [1.82, 2.24) is 4.98 Å². The summed E-state index contributed by atoms with van der Waals surface area (Å²) in [7, 11) is 0. The molecule has 2 aromatic heterocycles. The van der Waals surface area contributed by atoms with Crippen molar-refractivity contribution in [3.8, 4) is 11.5 Å². The zero-order valence-corrected chi connectivity index (χ0v) is 12.6. The minimum absolute atomic E-state index is 0.203. The van der Waals surface area contributed by atoms with Crippen LogP contribution in [0.15, 0.2) is 45.8 Å². The lowest BCUT2D eigenvalue weighted by molar-refractivity contribution is 0.102. The molecule has 0 unspecified atom stereocenters. The summed E-state index contributed by atoms with van der Waals surface area (Å²) in [6.45, 7) is 5.95. The summed E-state index contributed by atoms with van der Waals surface area (Å²) in [5.41, 5.74) is 4.17. The Hall–Kier alpha value is -2.82. The molecule has 0 bridgehead atoms. The molecule has 0 saturated carbocycles. The van der Waals surface area contributed by atoms with Gasteiger partial charge in [-0.1, -0.05) is 17.7 Å². The molecule has 0 radical (unpaired) electrons. The molecule has 0 aliphatic carbocycles. The zero-order valence-electron chi connectivity index (χ0n) is 12.6. The van der Waals surface area contributed by atoms with Crippen molar-refractivity contribution in [3.05, 3.63) is 59.3 Å². The van der Waals surface area contributed by atoms with Crippen LogP contribution in [0.4, 0.5) is 5.69 Å². The monoisotopic (exact) mass is 296 g/mol. The van der Waals surface area contributed by atoms with Crippen LogP contribution < -0.4 is 5.32 Å². The van der Waals surface area contributed by atoms with E-state index in [0.717, 1.165) is 22.4 Å². The van der Waals surface area contributed by atoms with Gasteiger partial charge in [0.2, 0.25) is 5.76 Å². The Bertz CT molecular complexity index is 793. The van der Waals surface area contributed by atoms with E-state index in [1.807, 2.05) is 32.9 Å². The SMILES string of the molecule is Cc1cc(C)c(NC(=O)c2ncoc2-c2ccco2)c(C)c1. The number of oxazole rings is 1. The van der Waals surface area contributed by atoms with Crippen LogP contribution in [0.25, 0.3) is 11.5 Å². The van der Waals surface area contributed by atoms with Gasteiger partial charge in [-0.2, -0.15) is 0 Å². The normalized spacial score (nSPS) is 10.7. The molecule has 1 amide bonds. The molecule has 1 aromatic carbocycles. The smallest absolute Gasteiger partial charge is 0.278 e. The van der Waals surface area contributed by atoms with Crippen LogP contribution in [0.3, 0.4) is 0 Å². The standard InChI is InChI=1S/C17H16N2O3/c1-10-7-11(2)14(12(3)8-10)19-17(20)15-16(22-9-18-15)13-5-4-6-21-13/h4-9H,1-3H3,(H,19,20). The maximum atomic E-state index is 12.5. The molecule has 5 nitrogen and oxygen atoms in total. The Kier molecular flexibility index (Phi) is 3.55. The predicted molar refractivity (Wildman–Crippen MR) is 82.8 cm³/mol. The van der Waals surface area contributed by atoms with E-state index in [4.69, 9.17) is 8.83 Å². The largest absolute Gasteiger partial charge is 0.461 e. The lowest BCUT2D eigenvalue weighted by Crippen LogP contribution is -2.15. The minimum Gasteiger partial charge on any atom is -0.461 e. The third-order valence-corrected chi connectivity index (χ3v) is 3.44. The van der Waals surface area contributed by atoms with Crippen molar-refractivity contribution in [1.29, 1.82) is 0 Å². The number of hydrogen-bond acceptors (Lipinski definition) is 4. The molecule has 3 aromatic rings. The maximum Gasteiger partial charge on any atom is 0.278 e. The molecular formula is C17H16N2O3. The van der Waals surface area contributed by atoms with Gasteiger partial charge in [-0.15, -0.1) is 0 Å². The molecule has 0 aliphatic heterocycles. The summed E-state index contributed by atoms with van der Waals surface area (Å²) >= 11 is 0.